The van der Waals surface area contributed by atoms with E-state index < -0.39 is 6.09 Å². The summed E-state index contributed by atoms with van der Waals surface area (Å²) in [6, 6.07) is 2.00. The number of aliphatic imine (C=N–C) groups is 1. The number of nitrogens with zero attached hydrogens (tertiary/aromatic N) is 3. The van der Waals surface area contributed by atoms with Crippen molar-refractivity contribution < 1.29 is 9.53 Å². The van der Waals surface area contributed by atoms with Gasteiger partial charge >= 0.3 is 6.09 Å². The van der Waals surface area contributed by atoms with Crippen LogP contribution in [0.1, 0.15) is 19.4 Å². The normalized spacial score (nSPS) is 11.8. The van der Waals surface area contributed by atoms with Crippen LogP contribution < -0.4 is 5.32 Å². The Morgan fingerprint density at radius 3 is 2.91 bits per heavy atom. The van der Waals surface area contributed by atoms with E-state index in [4.69, 9.17) is 4.74 Å². The second-order valence-electron chi connectivity index (χ2n) is 4.78. The molecule has 0 fully saturated rings. The summed E-state index contributed by atoms with van der Waals surface area (Å²) in [5.41, 5.74) is 2.79. The molecule has 0 saturated heterocycles. The lowest BCUT2D eigenvalue weighted by Crippen LogP contribution is -2.13. The van der Waals surface area contributed by atoms with Gasteiger partial charge in [-0.2, -0.15) is 10.1 Å². The van der Waals surface area contributed by atoms with Crippen molar-refractivity contribution in [3.63, 3.8) is 0 Å². The van der Waals surface area contributed by atoms with Crippen LogP contribution in [0.25, 0.3) is 10.9 Å². The van der Waals surface area contributed by atoms with Gasteiger partial charge in [-0.15, -0.1) is 0 Å². The van der Waals surface area contributed by atoms with Gasteiger partial charge in [-0.3, -0.25) is 4.68 Å². The van der Waals surface area contributed by atoms with Gasteiger partial charge < -0.3 is 10.1 Å². The SMILES string of the molecule is CCOC(=O)/N=C(/Nc1cc2cn(C)nc2c(Br)c1C)SCC. The average Bonchev–Trinajstić information content (AvgIpc) is 2.85. The molecule has 0 aliphatic heterocycles. The standard InChI is InChI=1S/C15H19BrN4O2S/c1-5-22-15(21)18-14(23-6-2)17-11-7-10-8-20(4)19-13(10)12(16)9(11)3/h7-8H,5-6H2,1-4H3,(H,17,18,21). The van der Waals surface area contributed by atoms with Crippen molar-refractivity contribution >= 4 is 55.5 Å². The highest BCUT2D eigenvalue weighted by Crippen LogP contribution is 2.32. The molecular formula is C15H19BrN4O2S. The lowest BCUT2D eigenvalue weighted by molar-refractivity contribution is 0.163. The number of amides is 1. The summed E-state index contributed by atoms with van der Waals surface area (Å²) in [7, 11) is 1.88. The lowest BCUT2D eigenvalue weighted by atomic mass is 10.1. The molecular weight excluding hydrogens is 380 g/mol. The van der Waals surface area contributed by atoms with E-state index in [0.29, 0.717) is 11.8 Å². The van der Waals surface area contributed by atoms with E-state index in [1.165, 1.54) is 11.8 Å². The van der Waals surface area contributed by atoms with Crippen molar-refractivity contribution in [3.05, 3.63) is 22.3 Å². The number of ether oxygens (including phenoxy) is 1. The van der Waals surface area contributed by atoms with E-state index in [1.54, 1.807) is 11.6 Å². The zero-order valence-electron chi connectivity index (χ0n) is 13.5. The third-order valence-corrected chi connectivity index (χ3v) is 4.81. The van der Waals surface area contributed by atoms with Gasteiger partial charge in [-0.25, -0.2) is 4.79 Å². The summed E-state index contributed by atoms with van der Waals surface area (Å²) in [6.07, 6.45) is 1.36. The molecule has 0 saturated carbocycles. The van der Waals surface area contributed by atoms with E-state index in [9.17, 15) is 4.79 Å². The van der Waals surface area contributed by atoms with Gasteiger partial charge in [0.05, 0.1) is 11.1 Å². The van der Waals surface area contributed by atoms with Gasteiger partial charge in [-0.05, 0) is 47.2 Å². The fourth-order valence-electron chi connectivity index (χ4n) is 2.06. The second kappa shape index (κ2) is 7.83. The van der Waals surface area contributed by atoms with E-state index in [-0.39, 0.29) is 0 Å². The van der Waals surface area contributed by atoms with Gasteiger partial charge in [0.1, 0.15) is 5.52 Å². The molecule has 6 nitrogen and oxygen atoms in total. The van der Waals surface area contributed by atoms with Crippen LogP contribution in [0.15, 0.2) is 21.7 Å². The molecule has 2 rings (SSSR count). The predicted octanol–water partition coefficient (Wildman–Crippen LogP) is 4.32. The molecule has 0 atom stereocenters. The minimum Gasteiger partial charge on any atom is -0.448 e. The molecule has 0 spiro atoms. The largest absolute Gasteiger partial charge is 0.448 e. The molecule has 23 heavy (non-hydrogen) atoms. The van der Waals surface area contributed by atoms with Gasteiger partial charge in [0.25, 0.3) is 0 Å². The molecule has 1 aromatic heterocycles. The molecule has 2 aromatic rings. The topological polar surface area (TPSA) is 68.5 Å². The second-order valence-corrected chi connectivity index (χ2v) is 6.82. The number of thioether (sulfide) groups is 1. The fraction of sp³-hybridized carbons (Fsp3) is 0.400. The molecule has 8 heteroatoms. The maximum atomic E-state index is 11.6. The van der Waals surface area contributed by atoms with E-state index in [2.05, 4.69) is 31.3 Å². The van der Waals surface area contributed by atoms with Gasteiger partial charge in [0.15, 0.2) is 5.17 Å². The third kappa shape index (κ3) is 4.26. The molecule has 0 aliphatic rings. The van der Waals surface area contributed by atoms with Crippen LogP contribution >= 0.6 is 27.7 Å². The van der Waals surface area contributed by atoms with Crippen molar-refractivity contribution in [2.45, 2.75) is 20.8 Å². The number of carbonyl (C=O) groups is 1. The Hall–Kier alpha value is -1.54. The molecule has 1 N–H and O–H groups in total. The fourth-order valence-corrected chi connectivity index (χ4v) is 3.18. The quantitative estimate of drug-likeness (QED) is 0.615. The Morgan fingerprint density at radius 1 is 1.52 bits per heavy atom. The van der Waals surface area contributed by atoms with Crippen LogP contribution in [0.2, 0.25) is 0 Å². The van der Waals surface area contributed by atoms with Gasteiger partial charge in [0, 0.05) is 24.3 Å². The number of halogens is 1. The van der Waals surface area contributed by atoms with E-state index >= 15 is 0 Å². The molecule has 1 aromatic carbocycles. The zero-order valence-corrected chi connectivity index (χ0v) is 15.9. The Balaban J connectivity index is 2.37. The number of benzene rings is 1. The summed E-state index contributed by atoms with van der Waals surface area (Å²) < 4.78 is 7.58. The number of nitrogens with one attached hydrogen (secondary N) is 1. The number of carbonyl (C=O) groups excluding carboxylic acids is 1. The van der Waals surface area contributed by atoms with Crippen molar-refractivity contribution in [1.82, 2.24) is 9.78 Å². The maximum absolute atomic E-state index is 11.6. The molecule has 0 unspecified atom stereocenters. The van der Waals surface area contributed by atoms with Crippen molar-refractivity contribution in [3.8, 4) is 0 Å². The predicted molar refractivity (Wildman–Crippen MR) is 99.4 cm³/mol. The summed E-state index contributed by atoms with van der Waals surface area (Å²) in [5.74, 6) is 0.792. The minimum absolute atomic E-state index is 0.304. The molecule has 0 bridgehead atoms. The van der Waals surface area contributed by atoms with Crippen LogP contribution in [0, 0.1) is 6.92 Å². The first kappa shape index (κ1) is 17.8. The van der Waals surface area contributed by atoms with E-state index in [1.807, 2.05) is 33.2 Å². The van der Waals surface area contributed by atoms with Crippen molar-refractivity contribution in [2.75, 3.05) is 17.7 Å². The Morgan fingerprint density at radius 2 is 2.26 bits per heavy atom. The van der Waals surface area contributed by atoms with Gasteiger partial charge in [0.2, 0.25) is 0 Å². The maximum Gasteiger partial charge on any atom is 0.436 e. The minimum atomic E-state index is -0.588. The Kier molecular flexibility index (Phi) is 6.06. The summed E-state index contributed by atoms with van der Waals surface area (Å²) >= 11 is 5.05. The molecule has 0 radical (unpaired) electrons. The number of rotatable bonds is 3. The number of fused-ring (bicyclic) bond motifs is 1. The van der Waals surface area contributed by atoms with Crippen LogP contribution in [0.3, 0.4) is 0 Å². The number of hydrogen-bond donors (Lipinski definition) is 1. The molecule has 1 heterocycles. The summed E-state index contributed by atoms with van der Waals surface area (Å²) in [4.78, 5) is 15.6. The highest BCUT2D eigenvalue weighted by atomic mass is 79.9. The van der Waals surface area contributed by atoms with Crippen LogP contribution in [-0.4, -0.2) is 33.4 Å². The molecule has 1 amide bonds. The van der Waals surface area contributed by atoms with E-state index in [0.717, 1.165) is 32.4 Å². The first-order valence-corrected chi connectivity index (χ1v) is 9.01. The molecule has 124 valence electrons. The zero-order chi connectivity index (χ0) is 17.0. The van der Waals surface area contributed by atoms with Crippen LogP contribution in [-0.2, 0) is 11.8 Å². The first-order chi connectivity index (χ1) is 11.0. The van der Waals surface area contributed by atoms with Crippen molar-refractivity contribution in [1.29, 1.82) is 0 Å². The van der Waals surface area contributed by atoms with Crippen molar-refractivity contribution in [2.24, 2.45) is 12.0 Å². The number of anilines is 1. The summed E-state index contributed by atoms with van der Waals surface area (Å²) in [5, 5.41) is 9.18. The smallest absolute Gasteiger partial charge is 0.436 e. The third-order valence-electron chi connectivity index (χ3n) is 3.08. The number of hydrogen-bond acceptors (Lipinski definition) is 4. The highest BCUT2D eigenvalue weighted by molar-refractivity contribution is 9.10. The Bertz CT molecular complexity index is 758. The number of aryl methyl sites for hydroxylation is 1. The Labute approximate surface area is 147 Å². The van der Waals surface area contributed by atoms with Crippen LogP contribution in [0.4, 0.5) is 10.5 Å². The number of aromatic nitrogens is 2. The number of amidine groups is 1. The van der Waals surface area contributed by atoms with Gasteiger partial charge in [-0.1, -0.05) is 18.7 Å². The lowest BCUT2D eigenvalue weighted by Gasteiger charge is -2.12. The average molecular weight is 399 g/mol. The van der Waals surface area contributed by atoms with Crippen LogP contribution in [0.5, 0.6) is 0 Å². The highest BCUT2D eigenvalue weighted by Gasteiger charge is 2.13. The first-order valence-electron chi connectivity index (χ1n) is 7.24. The monoisotopic (exact) mass is 398 g/mol. The summed E-state index contributed by atoms with van der Waals surface area (Å²) in [6.45, 7) is 6.04. The molecule has 0 aliphatic carbocycles.